The summed E-state index contributed by atoms with van der Waals surface area (Å²) < 4.78 is 0. The van der Waals surface area contributed by atoms with Crippen molar-refractivity contribution in [3.05, 3.63) is 161 Å². The lowest BCUT2D eigenvalue weighted by molar-refractivity contribution is -0.00514. The zero-order valence-corrected chi connectivity index (χ0v) is 45.3. The van der Waals surface area contributed by atoms with Crippen molar-refractivity contribution in [1.82, 2.24) is 4.98 Å². The molecule has 2 aliphatic heterocycles. The summed E-state index contributed by atoms with van der Waals surface area (Å²) in [6, 6.07) is 51.7. The number of aromatic nitrogens is 1. The highest BCUT2D eigenvalue weighted by Crippen LogP contribution is 2.62. The van der Waals surface area contributed by atoms with Crippen molar-refractivity contribution in [1.29, 1.82) is 0 Å². The molecule has 0 amide bonds. The van der Waals surface area contributed by atoms with Crippen LogP contribution in [0, 0.1) is 17.8 Å². The number of nitrogens with zero attached hydrogens (tertiary/aromatic N) is 4. The van der Waals surface area contributed by atoms with Crippen LogP contribution in [0.3, 0.4) is 0 Å². The lowest BCUT2D eigenvalue weighted by Gasteiger charge is -2.57. The molecule has 0 atom stereocenters. The normalized spacial score (nSPS) is 21.3. The van der Waals surface area contributed by atoms with E-state index in [0.29, 0.717) is 0 Å². The van der Waals surface area contributed by atoms with Gasteiger partial charge in [-0.3, -0.25) is 4.90 Å². The molecule has 7 aromatic rings. The third-order valence-corrected chi connectivity index (χ3v) is 18.3. The van der Waals surface area contributed by atoms with E-state index in [4.69, 9.17) is 4.98 Å². The van der Waals surface area contributed by atoms with Crippen molar-refractivity contribution in [3.63, 3.8) is 0 Å². The fourth-order valence-electron chi connectivity index (χ4n) is 13.7. The van der Waals surface area contributed by atoms with Crippen LogP contribution >= 0.6 is 11.3 Å². The third-order valence-electron chi connectivity index (χ3n) is 17.2. The fourth-order valence-corrected chi connectivity index (χ4v) is 14.9. The molecule has 362 valence electrons. The van der Waals surface area contributed by atoms with Gasteiger partial charge in [-0.1, -0.05) is 161 Å². The topological polar surface area (TPSA) is 22.6 Å². The van der Waals surface area contributed by atoms with Gasteiger partial charge in [0, 0.05) is 39.8 Å². The number of hydrogen-bond acceptors (Lipinski definition) is 5. The van der Waals surface area contributed by atoms with Gasteiger partial charge in [0.2, 0.25) is 0 Å². The van der Waals surface area contributed by atoms with E-state index in [1.54, 1.807) is 5.56 Å². The van der Waals surface area contributed by atoms with E-state index in [0.717, 1.165) is 39.9 Å². The second-order valence-corrected chi connectivity index (χ2v) is 27.5. The van der Waals surface area contributed by atoms with E-state index in [-0.39, 0.29) is 33.8 Å². The smallest absolute Gasteiger partial charge is 0.276 e. The molecule has 4 aliphatic carbocycles. The largest absolute Gasteiger partial charge is 0.311 e. The summed E-state index contributed by atoms with van der Waals surface area (Å²) in [5, 5.41) is 2.19. The summed E-state index contributed by atoms with van der Waals surface area (Å²) in [5.41, 5.74) is 19.4. The summed E-state index contributed by atoms with van der Waals surface area (Å²) in [4.78, 5) is 13.8. The van der Waals surface area contributed by atoms with E-state index in [2.05, 4.69) is 231 Å². The van der Waals surface area contributed by atoms with Gasteiger partial charge in [0.25, 0.3) is 6.71 Å². The number of thiazole rings is 1. The molecule has 0 saturated heterocycles. The number of para-hydroxylation sites is 2. The lowest BCUT2D eigenvalue weighted by Crippen LogP contribution is -2.62. The first kappa shape index (κ1) is 46.5. The zero-order chi connectivity index (χ0) is 49.6. The Morgan fingerprint density at radius 2 is 1.00 bits per heavy atom. The van der Waals surface area contributed by atoms with Crippen LogP contribution in [0.5, 0.6) is 0 Å². The molecule has 4 fully saturated rings. The van der Waals surface area contributed by atoms with E-state index < -0.39 is 0 Å². The zero-order valence-electron chi connectivity index (χ0n) is 44.5. The highest BCUT2D eigenvalue weighted by Gasteiger charge is 2.54. The predicted molar refractivity (Wildman–Crippen MR) is 305 cm³/mol. The molecule has 71 heavy (non-hydrogen) atoms. The molecule has 4 bridgehead atoms. The second kappa shape index (κ2) is 16.2. The minimum atomic E-state index is -0.0923. The Hall–Kier alpha value is -5.59. The van der Waals surface area contributed by atoms with Gasteiger partial charge in [0.1, 0.15) is 5.00 Å². The summed E-state index contributed by atoms with van der Waals surface area (Å²) in [6.07, 6.45) is 8.17. The number of hydrogen-bond donors (Lipinski definition) is 0. The maximum Gasteiger partial charge on any atom is 0.276 e. The van der Waals surface area contributed by atoms with Gasteiger partial charge in [-0.15, -0.1) is 0 Å². The molecule has 0 radical (unpaired) electrons. The number of anilines is 9. The average molecular weight is 953 g/mol. The van der Waals surface area contributed by atoms with Gasteiger partial charge < -0.3 is 9.80 Å². The Balaban J connectivity index is 1.21. The molecule has 4 saturated carbocycles. The molecule has 4 nitrogen and oxygen atoms in total. The molecule has 6 aromatic carbocycles. The molecule has 1 aromatic heterocycles. The van der Waals surface area contributed by atoms with E-state index in [9.17, 15) is 0 Å². The Labute approximate surface area is 429 Å². The minimum absolute atomic E-state index is 0.0444. The summed E-state index contributed by atoms with van der Waals surface area (Å²) in [7, 11) is 0. The minimum Gasteiger partial charge on any atom is -0.311 e. The third kappa shape index (κ3) is 7.88. The van der Waals surface area contributed by atoms with Gasteiger partial charge in [-0.2, -0.15) is 0 Å². The predicted octanol–water partition coefficient (Wildman–Crippen LogP) is 16.4. The van der Waals surface area contributed by atoms with Crippen LogP contribution in [0.15, 0.2) is 133 Å². The SMILES string of the molecule is CC(C)(C)c1ccc(N2c3ccc(C(C)(C)C)cc3B3c4nc(N(c5ccccc5)c5ccccc5)sc4N(c4cc(C(C)(C)C)cc(C(C)(C)C)c4)c4cc(C56CC7CC(CC(C7)C5)C6)cc2c43)cc1. The molecule has 6 aliphatic rings. The molecule has 0 unspecified atom stereocenters. The maximum atomic E-state index is 6.04. The number of rotatable bonds is 6. The summed E-state index contributed by atoms with van der Waals surface area (Å²) in [6.45, 7) is 28.2. The first-order valence-electron chi connectivity index (χ1n) is 26.7. The van der Waals surface area contributed by atoms with Crippen molar-refractivity contribution in [2.75, 3.05) is 14.7 Å². The van der Waals surface area contributed by atoms with Crippen molar-refractivity contribution in [2.45, 2.75) is 149 Å². The highest BCUT2D eigenvalue weighted by atomic mass is 32.1. The molecule has 3 heterocycles. The number of benzene rings is 6. The van der Waals surface area contributed by atoms with Gasteiger partial charge in [-0.25, -0.2) is 4.98 Å². The fraction of sp³-hybridized carbons (Fsp3) is 0.400. The van der Waals surface area contributed by atoms with Gasteiger partial charge in [0.15, 0.2) is 5.13 Å². The van der Waals surface area contributed by atoms with Crippen LogP contribution in [-0.4, -0.2) is 11.7 Å². The van der Waals surface area contributed by atoms with E-state index in [1.165, 1.54) is 105 Å². The monoisotopic (exact) mass is 953 g/mol. The van der Waals surface area contributed by atoms with Crippen molar-refractivity contribution >= 4 is 84.5 Å². The van der Waals surface area contributed by atoms with E-state index in [1.807, 2.05) is 11.3 Å². The molecular weight excluding hydrogens is 880 g/mol. The van der Waals surface area contributed by atoms with Crippen molar-refractivity contribution < 1.29 is 0 Å². The summed E-state index contributed by atoms with van der Waals surface area (Å²) >= 11 is 1.85. The van der Waals surface area contributed by atoms with Gasteiger partial charge >= 0.3 is 0 Å². The van der Waals surface area contributed by atoms with Crippen LogP contribution in [0.2, 0.25) is 0 Å². The average Bonchev–Trinajstić information content (AvgIpc) is 3.74. The molecule has 13 rings (SSSR count). The molecule has 0 spiro atoms. The Morgan fingerprint density at radius 3 is 1.51 bits per heavy atom. The van der Waals surface area contributed by atoms with E-state index >= 15 is 0 Å². The number of fused-ring (bicyclic) bond motifs is 4. The highest BCUT2D eigenvalue weighted by molar-refractivity contribution is 7.23. The Bertz CT molecular complexity index is 3070. The summed E-state index contributed by atoms with van der Waals surface area (Å²) in [5.74, 6) is 2.47. The molecule has 0 N–H and O–H groups in total. The quantitative estimate of drug-likeness (QED) is 0.155. The first-order valence-corrected chi connectivity index (χ1v) is 27.6. The van der Waals surface area contributed by atoms with Crippen molar-refractivity contribution in [3.8, 4) is 0 Å². The maximum absolute atomic E-state index is 6.04. The van der Waals surface area contributed by atoms with Crippen LogP contribution in [0.4, 0.5) is 49.9 Å². The Kier molecular flexibility index (Phi) is 10.6. The van der Waals surface area contributed by atoms with Crippen LogP contribution in [0.1, 0.15) is 149 Å². The molecule has 6 heteroatoms. The second-order valence-electron chi connectivity index (χ2n) is 26.5. The van der Waals surface area contributed by atoms with Crippen LogP contribution < -0.4 is 31.2 Å². The van der Waals surface area contributed by atoms with Gasteiger partial charge in [-0.05, 0) is 189 Å². The standard InChI is InChI=1S/C65H73BN4S/c1-61(2,3)44-23-26-51(27-24-44)69-54-28-25-45(62(4,5)6)35-53(54)66-57-55(69)36-48(65-38-41-29-42(39-65)31-43(30-41)40-65)37-56(57)70(52-33-46(63(7,8)9)32-47(34-52)64(10,11)12)59-58(66)67-60(71-59)68(49-19-15-13-16-20-49)50-21-17-14-18-22-50/h13-28,32-37,41-43H,29-31,38-40H2,1-12H3. The molecular formula is C65H73BN4S. The van der Waals surface area contributed by atoms with Crippen LogP contribution in [-0.2, 0) is 27.1 Å². The Morgan fingerprint density at radius 1 is 0.507 bits per heavy atom. The lowest BCUT2D eigenvalue weighted by atomic mass is 9.35. The van der Waals surface area contributed by atoms with Crippen molar-refractivity contribution in [2.24, 2.45) is 17.8 Å². The van der Waals surface area contributed by atoms with Crippen LogP contribution in [0.25, 0.3) is 0 Å². The van der Waals surface area contributed by atoms with Gasteiger partial charge in [0.05, 0.1) is 5.59 Å². The first-order chi connectivity index (χ1) is 33.6.